The quantitative estimate of drug-likeness (QED) is 0.906. The Bertz CT molecular complexity index is 772. The van der Waals surface area contributed by atoms with Gasteiger partial charge in [-0.25, -0.2) is 4.79 Å². The van der Waals surface area contributed by atoms with Crippen molar-refractivity contribution in [2.75, 3.05) is 32.1 Å². The minimum Gasteiger partial charge on any atom is -0.497 e. The molecule has 0 saturated carbocycles. The lowest BCUT2D eigenvalue weighted by Crippen LogP contribution is -2.41. The summed E-state index contributed by atoms with van der Waals surface area (Å²) < 4.78 is 10.1. The number of aryl methyl sites for hydroxylation is 1. The minimum absolute atomic E-state index is 0.0405. The molecule has 138 valence electrons. The van der Waals surface area contributed by atoms with Gasteiger partial charge in [0.15, 0.2) is 5.82 Å². The molecule has 1 aromatic carbocycles. The number of amides is 3. The van der Waals surface area contributed by atoms with Crippen LogP contribution in [-0.4, -0.2) is 53.6 Å². The van der Waals surface area contributed by atoms with Crippen LogP contribution in [0, 0.1) is 6.92 Å². The number of carbonyl (C=O) groups is 2. The molecule has 8 nitrogen and oxygen atoms in total. The highest BCUT2D eigenvalue weighted by molar-refractivity contribution is 5.91. The van der Waals surface area contributed by atoms with E-state index in [1.807, 2.05) is 24.3 Å². The molecule has 0 atom stereocenters. The Labute approximate surface area is 151 Å². The number of rotatable bonds is 4. The summed E-state index contributed by atoms with van der Waals surface area (Å²) in [5.41, 5.74) is 1.02. The van der Waals surface area contributed by atoms with Crippen LogP contribution in [0.15, 0.2) is 34.9 Å². The van der Waals surface area contributed by atoms with Crippen molar-refractivity contribution in [1.29, 1.82) is 0 Å². The van der Waals surface area contributed by atoms with E-state index in [1.165, 1.54) is 4.90 Å². The first-order chi connectivity index (χ1) is 12.5. The Morgan fingerprint density at radius 3 is 2.73 bits per heavy atom. The van der Waals surface area contributed by atoms with Crippen LogP contribution < -0.4 is 10.1 Å². The molecular weight excluding hydrogens is 336 g/mol. The molecule has 1 N–H and O–H groups in total. The van der Waals surface area contributed by atoms with Crippen LogP contribution in [0.1, 0.15) is 17.7 Å². The van der Waals surface area contributed by atoms with Gasteiger partial charge in [-0.1, -0.05) is 17.3 Å². The lowest BCUT2D eigenvalue weighted by atomic mass is 10.2. The van der Waals surface area contributed by atoms with E-state index in [0.717, 1.165) is 11.3 Å². The molecule has 0 spiro atoms. The summed E-state index contributed by atoms with van der Waals surface area (Å²) in [5, 5.41) is 6.39. The molecule has 1 saturated heterocycles. The fourth-order valence-electron chi connectivity index (χ4n) is 2.83. The van der Waals surface area contributed by atoms with Crippen molar-refractivity contribution in [2.24, 2.45) is 0 Å². The van der Waals surface area contributed by atoms with Crippen LogP contribution in [0.2, 0.25) is 0 Å². The van der Waals surface area contributed by atoms with E-state index < -0.39 is 0 Å². The molecule has 1 aliphatic rings. The van der Waals surface area contributed by atoms with Crippen molar-refractivity contribution in [3.63, 3.8) is 0 Å². The van der Waals surface area contributed by atoms with Crippen molar-refractivity contribution in [1.82, 2.24) is 15.0 Å². The molecule has 26 heavy (non-hydrogen) atoms. The number of nitrogens with zero attached hydrogens (tertiary/aromatic N) is 3. The Morgan fingerprint density at radius 1 is 1.31 bits per heavy atom. The summed E-state index contributed by atoms with van der Waals surface area (Å²) in [5.74, 6) is 1.66. The van der Waals surface area contributed by atoms with E-state index in [-0.39, 0.29) is 18.5 Å². The molecule has 1 aliphatic heterocycles. The van der Waals surface area contributed by atoms with Crippen molar-refractivity contribution in [2.45, 2.75) is 19.9 Å². The maximum Gasteiger partial charge on any atom is 0.323 e. The van der Waals surface area contributed by atoms with Crippen LogP contribution in [0.3, 0.4) is 0 Å². The van der Waals surface area contributed by atoms with Crippen molar-refractivity contribution >= 4 is 17.8 Å². The van der Waals surface area contributed by atoms with Crippen LogP contribution in [-0.2, 0) is 11.3 Å². The summed E-state index contributed by atoms with van der Waals surface area (Å²) in [6.07, 6.45) is 0.715. The molecule has 0 radical (unpaired) electrons. The SMILES string of the molecule is COc1ccc(CN2CCCN(C(=O)Nc3cc(C)on3)CC2=O)cc1. The summed E-state index contributed by atoms with van der Waals surface area (Å²) in [7, 11) is 1.62. The molecule has 0 aliphatic carbocycles. The first-order valence-corrected chi connectivity index (χ1v) is 8.45. The Hall–Kier alpha value is -3.03. The van der Waals surface area contributed by atoms with Gasteiger partial charge >= 0.3 is 6.03 Å². The fraction of sp³-hybridized carbons (Fsp3) is 0.389. The smallest absolute Gasteiger partial charge is 0.323 e. The zero-order valence-electron chi connectivity index (χ0n) is 14.9. The van der Waals surface area contributed by atoms with Gasteiger partial charge < -0.3 is 19.1 Å². The summed E-state index contributed by atoms with van der Waals surface area (Å²) >= 11 is 0. The van der Waals surface area contributed by atoms with E-state index in [2.05, 4.69) is 10.5 Å². The van der Waals surface area contributed by atoms with Crippen LogP contribution in [0.25, 0.3) is 0 Å². The van der Waals surface area contributed by atoms with Gasteiger partial charge in [0.05, 0.1) is 7.11 Å². The maximum atomic E-state index is 12.6. The number of nitrogens with one attached hydrogen (secondary N) is 1. The molecular formula is C18H22N4O4. The second-order valence-electron chi connectivity index (χ2n) is 6.19. The van der Waals surface area contributed by atoms with Crippen LogP contribution >= 0.6 is 0 Å². The molecule has 8 heteroatoms. The predicted octanol–water partition coefficient (Wildman–Crippen LogP) is 2.26. The molecule has 2 aromatic rings. The van der Waals surface area contributed by atoms with Gasteiger partial charge in [0.25, 0.3) is 0 Å². The fourth-order valence-corrected chi connectivity index (χ4v) is 2.83. The monoisotopic (exact) mass is 358 g/mol. The minimum atomic E-state index is -0.349. The summed E-state index contributed by atoms with van der Waals surface area (Å²) in [4.78, 5) is 28.2. The summed E-state index contributed by atoms with van der Waals surface area (Å²) in [6.45, 7) is 3.42. The zero-order valence-corrected chi connectivity index (χ0v) is 14.9. The van der Waals surface area contributed by atoms with Gasteiger partial charge in [-0.15, -0.1) is 0 Å². The standard InChI is InChI=1S/C18H22N4O4/c1-13-10-16(20-26-13)19-18(24)22-9-3-8-21(17(23)12-22)11-14-4-6-15(25-2)7-5-14/h4-7,10H,3,8-9,11-12H2,1-2H3,(H,19,20,24). The number of hydrogen-bond acceptors (Lipinski definition) is 5. The lowest BCUT2D eigenvalue weighted by Gasteiger charge is -2.22. The number of hydrogen-bond donors (Lipinski definition) is 1. The highest BCUT2D eigenvalue weighted by Crippen LogP contribution is 2.15. The molecule has 1 fully saturated rings. The van der Waals surface area contributed by atoms with Crippen molar-refractivity contribution in [3.05, 3.63) is 41.7 Å². The van der Waals surface area contributed by atoms with Gasteiger partial charge in [-0.05, 0) is 31.0 Å². The number of benzene rings is 1. The summed E-state index contributed by atoms with van der Waals surface area (Å²) in [6, 6.07) is 8.91. The average molecular weight is 358 g/mol. The third kappa shape index (κ3) is 4.33. The molecule has 1 aromatic heterocycles. The maximum absolute atomic E-state index is 12.6. The van der Waals surface area contributed by atoms with Crippen molar-refractivity contribution in [3.8, 4) is 5.75 Å². The highest BCUT2D eigenvalue weighted by atomic mass is 16.5. The topological polar surface area (TPSA) is 87.9 Å². The van der Waals surface area contributed by atoms with Gasteiger partial charge in [-0.2, -0.15) is 0 Å². The molecule has 0 bridgehead atoms. The number of ether oxygens (including phenoxy) is 1. The first-order valence-electron chi connectivity index (χ1n) is 8.45. The normalized spacial score (nSPS) is 14.9. The van der Waals surface area contributed by atoms with Gasteiger partial charge in [0.1, 0.15) is 18.1 Å². The number of aromatic nitrogens is 1. The number of urea groups is 1. The second-order valence-corrected chi connectivity index (χ2v) is 6.19. The Kier molecular flexibility index (Phi) is 5.40. The predicted molar refractivity (Wildman–Crippen MR) is 94.9 cm³/mol. The van der Waals surface area contributed by atoms with E-state index in [4.69, 9.17) is 9.26 Å². The van der Waals surface area contributed by atoms with E-state index >= 15 is 0 Å². The van der Waals surface area contributed by atoms with Gasteiger partial charge in [0, 0.05) is 25.7 Å². The van der Waals surface area contributed by atoms with E-state index in [1.54, 1.807) is 25.0 Å². The zero-order chi connectivity index (χ0) is 18.5. The third-order valence-corrected chi connectivity index (χ3v) is 4.22. The highest BCUT2D eigenvalue weighted by Gasteiger charge is 2.25. The van der Waals surface area contributed by atoms with Gasteiger partial charge in [-0.3, -0.25) is 10.1 Å². The van der Waals surface area contributed by atoms with Gasteiger partial charge in [0.2, 0.25) is 5.91 Å². The Morgan fingerprint density at radius 2 is 2.08 bits per heavy atom. The van der Waals surface area contributed by atoms with E-state index in [0.29, 0.717) is 37.6 Å². The average Bonchev–Trinajstić information content (AvgIpc) is 2.95. The second kappa shape index (κ2) is 7.90. The molecule has 0 unspecified atom stereocenters. The van der Waals surface area contributed by atoms with Crippen LogP contribution in [0.4, 0.5) is 10.6 Å². The number of anilines is 1. The molecule has 2 heterocycles. The Balaban J connectivity index is 1.59. The lowest BCUT2D eigenvalue weighted by molar-refractivity contribution is -0.131. The van der Waals surface area contributed by atoms with Crippen LogP contribution in [0.5, 0.6) is 5.75 Å². The third-order valence-electron chi connectivity index (χ3n) is 4.22. The number of carbonyl (C=O) groups excluding carboxylic acids is 2. The van der Waals surface area contributed by atoms with Crippen molar-refractivity contribution < 1.29 is 18.8 Å². The largest absolute Gasteiger partial charge is 0.497 e. The molecule has 3 amide bonds. The first kappa shape index (κ1) is 17.8. The number of methoxy groups -OCH3 is 1. The molecule has 3 rings (SSSR count). The van der Waals surface area contributed by atoms with E-state index in [9.17, 15) is 9.59 Å².